The molecule has 0 aliphatic rings. The number of nitrogens with one attached hydrogen (secondary N) is 1. The van der Waals surface area contributed by atoms with E-state index in [9.17, 15) is 0 Å². The molecule has 0 fully saturated rings. The van der Waals surface area contributed by atoms with Crippen LogP contribution in [0.25, 0.3) is 11.3 Å². The van der Waals surface area contributed by atoms with Gasteiger partial charge in [0.25, 0.3) is 0 Å². The lowest BCUT2D eigenvalue weighted by atomic mass is 10.1. The van der Waals surface area contributed by atoms with Crippen LogP contribution in [-0.2, 0) is 11.3 Å². The normalized spacial score (nSPS) is 10.6. The maximum absolute atomic E-state index is 5.71. The molecule has 1 N–H and O–H groups in total. The van der Waals surface area contributed by atoms with E-state index in [0.29, 0.717) is 36.3 Å². The molecular weight excluding hydrogens is 272 g/mol. The highest BCUT2D eigenvalue weighted by atomic mass is 16.5. The lowest BCUT2D eigenvalue weighted by Crippen LogP contribution is -2.18. The van der Waals surface area contributed by atoms with Gasteiger partial charge < -0.3 is 23.9 Å². The molecule has 2 aromatic rings. The van der Waals surface area contributed by atoms with E-state index in [1.165, 1.54) is 0 Å². The Morgan fingerprint density at radius 1 is 1.14 bits per heavy atom. The molecule has 21 heavy (non-hydrogen) atoms. The van der Waals surface area contributed by atoms with Crippen molar-refractivity contribution in [2.75, 3.05) is 34.5 Å². The van der Waals surface area contributed by atoms with E-state index in [2.05, 4.69) is 10.3 Å². The minimum atomic E-state index is 0.566. The Morgan fingerprint density at radius 3 is 2.67 bits per heavy atom. The molecule has 1 aromatic carbocycles. The molecule has 0 saturated heterocycles. The number of benzene rings is 1. The van der Waals surface area contributed by atoms with Crippen LogP contribution in [0.3, 0.4) is 0 Å². The van der Waals surface area contributed by atoms with Crippen molar-refractivity contribution < 1.29 is 18.6 Å². The van der Waals surface area contributed by atoms with Crippen molar-refractivity contribution in [1.82, 2.24) is 10.3 Å². The Kier molecular flexibility index (Phi) is 5.59. The van der Waals surface area contributed by atoms with Gasteiger partial charge >= 0.3 is 0 Å². The van der Waals surface area contributed by atoms with Crippen LogP contribution < -0.4 is 14.8 Å². The van der Waals surface area contributed by atoms with E-state index in [1.807, 2.05) is 18.2 Å². The Labute approximate surface area is 124 Å². The monoisotopic (exact) mass is 292 g/mol. The first-order valence-electron chi connectivity index (χ1n) is 6.65. The van der Waals surface area contributed by atoms with E-state index in [0.717, 1.165) is 12.1 Å². The third-order valence-electron chi connectivity index (χ3n) is 2.98. The van der Waals surface area contributed by atoms with Crippen LogP contribution in [0.1, 0.15) is 5.89 Å². The molecule has 1 aromatic heterocycles. The highest BCUT2D eigenvalue weighted by Crippen LogP contribution is 2.32. The van der Waals surface area contributed by atoms with Crippen molar-refractivity contribution in [3.05, 3.63) is 30.3 Å². The van der Waals surface area contributed by atoms with Crippen molar-refractivity contribution >= 4 is 0 Å². The van der Waals surface area contributed by atoms with Crippen molar-refractivity contribution in [1.29, 1.82) is 0 Å². The molecule has 0 atom stereocenters. The molecule has 1 heterocycles. The predicted octanol–water partition coefficient (Wildman–Crippen LogP) is 2.09. The first-order valence-corrected chi connectivity index (χ1v) is 6.65. The van der Waals surface area contributed by atoms with E-state index >= 15 is 0 Å². The molecule has 0 aliphatic carbocycles. The van der Waals surface area contributed by atoms with Crippen LogP contribution in [0.2, 0.25) is 0 Å². The molecule has 0 bridgehead atoms. The fraction of sp³-hybridized carbons (Fsp3) is 0.400. The summed E-state index contributed by atoms with van der Waals surface area (Å²) in [7, 11) is 4.88. The number of oxazole rings is 1. The number of ether oxygens (including phenoxy) is 3. The molecular formula is C15H20N2O4. The summed E-state index contributed by atoms with van der Waals surface area (Å²) in [6.07, 6.45) is 1.70. The number of hydrogen-bond acceptors (Lipinski definition) is 6. The molecule has 0 amide bonds. The van der Waals surface area contributed by atoms with Gasteiger partial charge in [0.2, 0.25) is 5.89 Å². The van der Waals surface area contributed by atoms with Crippen LogP contribution in [0.15, 0.2) is 28.8 Å². The average molecular weight is 292 g/mol. The summed E-state index contributed by atoms with van der Waals surface area (Å²) >= 11 is 0. The van der Waals surface area contributed by atoms with Crippen molar-refractivity contribution in [2.45, 2.75) is 6.54 Å². The van der Waals surface area contributed by atoms with Crippen LogP contribution >= 0.6 is 0 Å². The summed E-state index contributed by atoms with van der Waals surface area (Å²) in [6.45, 7) is 1.98. The summed E-state index contributed by atoms with van der Waals surface area (Å²) < 4.78 is 21.2. The maximum atomic E-state index is 5.71. The smallest absolute Gasteiger partial charge is 0.208 e. The molecule has 2 rings (SSSR count). The second kappa shape index (κ2) is 7.66. The van der Waals surface area contributed by atoms with Gasteiger partial charge in [-0.25, -0.2) is 4.98 Å². The Bertz CT molecular complexity index is 569. The van der Waals surface area contributed by atoms with Crippen LogP contribution in [0.5, 0.6) is 11.5 Å². The third-order valence-corrected chi connectivity index (χ3v) is 2.98. The number of methoxy groups -OCH3 is 3. The summed E-state index contributed by atoms with van der Waals surface area (Å²) in [5, 5.41) is 3.18. The van der Waals surface area contributed by atoms with E-state index in [-0.39, 0.29) is 0 Å². The molecule has 0 unspecified atom stereocenters. The maximum Gasteiger partial charge on any atom is 0.208 e. The second-order valence-corrected chi connectivity index (χ2v) is 4.36. The van der Waals surface area contributed by atoms with E-state index in [4.69, 9.17) is 18.6 Å². The van der Waals surface area contributed by atoms with E-state index in [1.54, 1.807) is 27.5 Å². The fourth-order valence-corrected chi connectivity index (χ4v) is 1.88. The van der Waals surface area contributed by atoms with Crippen molar-refractivity contribution in [3.8, 4) is 22.8 Å². The topological polar surface area (TPSA) is 65.8 Å². The molecule has 0 radical (unpaired) electrons. The lowest BCUT2D eigenvalue weighted by molar-refractivity contribution is 0.198. The van der Waals surface area contributed by atoms with Crippen LogP contribution in [0, 0.1) is 0 Å². The van der Waals surface area contributed by atoms with Gasteiger partial charge in [-0.2, -0.15) is 0 Å². The number of rotatable bonds is 8. The molecule has 6 nitrogen and oxygen atoms in total. The van der Waals surface area contributed by atoms with Gasteiger partial charge in [-0.15, -0.1) is 0 Å². The molecule has 6 heteroatoms. The highest BCUT2D eigenvalue weighted by molar-refractivity contribution is 5.62. The van der Waals surface area contributed by atoms with Gasteiger partial charge in [0, 0.05) is 19.2 Å². The molecule has 0 saturated carbocycles. The predicted molar refractivity (Wildman–Crippen MR) is 78.6 cm³/mol. The molecule has 0 aliphatic heterocycles. The van der Waals surface area contributed by atoms with Crippen molar-refractivity contribution in [2.24, 2.45) is 0 Å². The number of aromatic nitrogens is 1. The van der Waals surface area contributed by atoms with Gasteiger partial charge in [0.1, 0.15) is 0 Å². The molecule has 0 spiro atoms. The standard InChI is InChI=1S/C15H20N2O4/c1-18-7-6-16-10-15-17-9-14(21-15)11-4-5-12(19-2)13(8-11)20-3/h4-5,8-9,16H,6-7,10H2,1-3H3. The first-order chi connectivity index (χ1) is 10.3. The fourth-order valence-electron chi connectivity index (χ4n) is 1.88. The SMILES string of the molecule is COCCNCc1ncc(-c2ccc(OC)c(OC)c2)o1. The third kappa shape index (κ3) is 3.96. The Hall–Kier alpha value is -2.05. The average Bonchev–Trinajstić information content (AvgIpc) is 2.99. The summed E-state index contributed by atoms with van der Waals surface area (Å²) in [5.41, 5.74) is 0.892. The first kappa shape index (κ1) is 15.3. The van der Waals surface area contributed by atoms with Gasteiger partial charge in [-0.05, 0) is 18.2 Å². The van der Waals surface area contributed by atoms with Crippen LogP contribution in [0.4, 0.5) is 0 Å². The van der Waals surface area contributed by atoms with Gasteiger partial charge in [0.05, 0.1) is 33.6 Å². The van der Waals surface area contributed by atoms with E-state index < -0.39 is 0 Å². The Balaban J connectivity index is 2.06. The zero-order valence-electron chi connectivity index (χ0n) is 12.5. The van der Waals surface area contributed by atoms with Gasteiger partial charge in [0.15, 0.2) is 17.3 Å². The molecule has 114 valence electrons. The Morgan fingerprint density at radius 2 is 1.95 bits per heavy atom. The van der Waals surface area contributed by atoms with Gasteiger partial charge in [-0.3, -0.25) is 0 Å². The minimum absolute atomic E-state index is 0.566. The van der Waals surface area contributed by atoms with Gasteiger partial charge in [-0.1, -0.05) is 0 Å². The summed E-state index contributed by atoms with van der Waals surface area (Å²) in [5.74, 6) is 2.67. The quantitative estimate of drug-likeness (QED) is 0.752. The highest BCUT2D eigenvalue weighted by Gasteiger charge is 2.10. The van der Waals surface area contributed by atoms with Crippen molar-refractivity contribution in [3.63, 3.8) is 0 Å². The zero-order valence-corrected chi connectivity index (χ0v) is 12.5. The van der Waals surface area contributed by atoms with Crippen LogP contribution in [-0.4, -0.2) is 39.5 Å². The summed E-state index contributed by atoms with van der Waals surface area (Å²) in [4.78, 5) is 4.25. The minimum Gasteiger partial charge on any atom is -0.493 e. The second-order valence-electron chi connectivity index (χ2n) is 4.36. The zero-order chi connectivity index (χ0) is 15.1. The number of hydrogen-bond donors (Lipinski definition) is 1. The largest absolute Gasteiger partial charge is 0.493 e. The lowest BCUT2D eigenvalue weighted by Gasteiger charge is -2.08. The summed E-state index contributed by atoms with van der Waals surface area (Å²) in [6, 6.07) is 5.61. The number of nitrogens with zero attached hydrogens (tertiary/aromatic N) is 1.